The number of phenolic OH excluding ortho intramolecular Hbond substituents is 1. The molecular formula is C15H14O5. The Morgan fingerprint density at radius 3 is 2.35 bits per heavy atom. The van der Waals surface area contributed by atoms with Crippen molar-refractivity contribution in [2.75, 3.05) is 13.2 Å². The van der Waals surface area contributed by atoms with E-state index in [0.717, 1.165) is 5.75 Å². The number of rotatable bonds is 6. The number of phenols is 1. The van der Waals surface area contributed by atoms with Gasteiger partial charge in [-0.15, -0.1) is 0 Å². The molecule has 0 aliphatic heterocycles. The van der Waals surface area contributed by atoms with E-state index in [1.807, 2.05) is 30.3 Å². The van der Waals surface area contributed by atoms with E-state index < -0.39 is 5.97 Å². The minimum atomic E-state index is -0.621. The molecule has 0 aromatic heterocycles. The van der Waals surface area contributed by atoms with E-state index in [0.29, 0.717) is 5.56 Å². The second kappa shape index (κ2) is 7.16. The molecule has 2 aromatic carbocycles. The van der Waals surface area contributed by atoms with E-state index in [4.69, 9.17) is 14.7 Å². The van der Waals surface area contributed by atoms with Gasteiger partial charge in [0.25, 0.3) is 0 Å². The van der Waals surface area contributed by atoms with Gasteiger partial charge < -0.3 is 9.84 Å². The van der Waals surface area contributed by atoms with Gasteiger partial charge in [-0.3, -0.25) is 4.89 Å². The summed E-state index contributed by atoms with van der Waals surface area (Å²) < 4.78 is 5.36. The van der Waals surface area contributed by atoms with E-state index in [2.05, 4.69) is 4.89 Å². The minimum absolute atomic E-state index is 0.0822. The van der Waals surface area contributed by atoms with Crippen LogP contribution in [0.1, 0.15) is 10.4 Å². The molecule has 2 rings (SSSR count). The minimum Gasteiger partial charge on any atom is -0.508 e. The van der Waals surface area contributed by atoms with Crippen LogP contribution in [0.5, 0.6) is 11.5 Å². The summed E-state index contributed by atoms with van der Waals surface area (Å²) in [6, 6.07) is 14.9. The van der Waals surface area contributed by atoms with E-state index in [-0.39, 0.29) is 19.0 Å². The van der Waals surface area contributed by atoms with E-state index in [1.165, 1.54) is 24.3 Å². The maximum absolute atomic E-state index is 11.5. The van der Waals surface area contributed by atoms with Crippen LogP contribution in [0.4, 0.5) is 0 Å². The Bertz CT molecular complexity index is 536. The molecule has 0 atom stereocenters. The average molecular weight is 274 g/mol. The Morgan fingerprint density at radius 2 is 1.65 bits per heavy atom. The third-order valence-electron chi connectivity index (χ3n) is 2.42. The highest BCUT2D eigenvalue weighted by Gasteiger charge is 2.07. The van der Waals surface area contributed by atoms with Gasteiger partial charge in [0, 0.05) is 0 Å². The van der Waals surface area contributed by atoms with Crippen molar-refractivity contribution in [1.29, 1.82) is 0 Å². The molecule has 1 N–H and O–H groups in total. The van der Waals surface area contributed by atoms with Crippen molar-refractivity contribution in [2.24, 2.45) is 0 Å². The maximum atomic E-state index is 11.5. The molecule has 0 heterocycles. The Hall–Kier alpha value is -2.53. The SMILES string of the molecule is O=C(OOCCOc1ccccc1)c1ccc(O)cc1. The van der Waals surface area contributed by atoms with Crippen LogP contribution in [0.25, 0.3) is 0 Å². The Kier molecular flexibility index (Phi) is 4.97. The van der Waals surface area contributed by atoms with Crippen LogP contribution in [0.3, 0.4) is 0 Å². The fourth-order valence-corrected chi connectivity index (χ4v) is 1.45. The molecule has 104 valence electrons. The largest absolute Gasteiger partial charge is 0.508 e. The lowest BCUT2D eigenvalue weighted by molar-refractivity contribution is -0.243. The number of ether oxygens (including phenoxy) is 1. The number of carbonyl (C=O) groups is 1. The van der Waals surface area contributed by atoms with Crippen molar-refractivity contribution in [2.45, 2.75) is 0 Å². The second-order valence-corrected chi connectivity index (χ2v) is 3.90. The number of carbonyl (C=O) groups excluding carboxylic acids is 1. The molecular weight excluding hydrogens is 260 g/mol. The summed E-state index contributed by atoms with van der Waals surface area (Å²) in [7, 11) is 0. The van der Waals surface area contributed by atoms with Crippen molar-refractivity contribution < 1.29 is 24.4 Å². The van der Waals surface area contributed by atoms with Crippen molar-refractivity contribution in [3.05, 3.63) is 60.2 Å². The number of hydrogen-bond donors (Lipinski definition) is 1. The zero-order chi connectivity index (χ0) is 14.2. The summed E-state index contributed by atoms with van der Waals surface area (Å²) in [5.74, 6) is 0.185. The molecule has 5 nitrogen and oxygen atoms in total. The standard InChI is InChI=1S/C15H14O5/c16-13-8-6-12(7-9-13)15(17)20-19-11-10-18-14-4-2-1-3-5-14/h1-9,16H,10-11H2. The third kappa shape index (κ3) is 4.29. The van der Waals surface area contributed by atoms with Crippen LogP contribution in [0, 0.1) is 0 Å². The molecule has 0 saturated heterocycles. The van der Waals surface area contributed by atoms with Gasteiger partial charge >= 0.3 is 5.97 Å². The molecule has 0 saturated carbocycles. The second-order valence-electron chi connectivity index (χ2n) is 3.90. The first kappa shape index (κ1) is 13.9. The first-order valence-electron chi connectivity index (χ1n) is 6.06. The molecule has 0 spiro atoms. The molecule has 2 aromatic rings. The topological polar surface area (TPSA) is 65.0 Å². The van der Waals surface area contributed by atoms with Gasteiger partial charge in [-0.1, -0.05) is 18.2 Å². The summed E-state index contributed by atoms with van der Waals surface area (Å²) in [5.41, 5.74) is 0.298. The molecule has 20 heavy (non-hydrogen) atoms. The first-order valence-corrected chi connectivity index (χ1v) is 6.06. The van der Waals surface area contributed by atoms with E-state index in [1.54, 1.807) is 0 Å². The maximum Gasteiger partial charge on any atom is 0.373 e. The number of para-hydroxylation sites is 1. The molecule has 0 bridgehead atoms. The molecule has 0 radical (unpaired) electrons. The van der Waals surface area contributed by atoms with Gasteiger partial charge in [-0.2, -0.15) is 4.89 Å². The summed E-state index contributed by atoms with van der Waals surface area (Å²) >= 11 is 0. The highest BCUT2D eigenvalue weighted by Crippen LogP contribution is 2.11. The Labute approximate surface area is 116 Å². The zero-order valence-corrected chi connectivity index (χ0v) is 10.7. The number of hydrogen-bond acceptors (Lipinski definition) is 5. The highest BCUT2D eigenvalue weighted by atomic mass is 17.2. The Morgan fingerprint density at radius 1 is 0.950 bits per heavy atom. The normalized spacial score (nSPS) is 10.0. The van der Waals surface area contributed by atoms with Crippen molar-refractivity contribution >= 4 is 5.97 Å². The van der Waals surface area contributed by atoms with Gasteiger partial charge in [0.15, 0.2) is 0 Å². The molecule has 0 unspecified atom stereocenters. The molecule has 0 amide bonds. The summed E-state index contributed by atoms with van der Waals surface area (Å²) in [6.07, 6.45) is 0. The predicted octanol–water partition coefficient (Wildman–Crippen LogP) is 2.56. The number of aromatic hydroxyl groups is 1. The van der Waals surface area contributed by atoms with Gasteiger partial charge in [-0.25, -0.2) is 4.79 Å². The van der Waals surface area contributed by atoms with Crippen LogP contribution in [-0.2, 0) is 9.78 Å². The fraction of sp³-hybridized carbons (Fsp3) is 0.133. The van der Waals surface area contributed by atoms with Gasteiger partial charge in [-0.05, 0) is 36.4 Å². The summed E-state index contributed by atoms with van der Waals surface area (Å²) in [5, 5.41) is 9.09. The van der Waals surface area contributed by atoms with Crippen LogP contribution in [-0.4, -0.2) is 24.3 Å². The molecule has 0 aliphatic carbocycles. The smallest absolute Gasteiger partial charge is 0.373 e. The molecule has 0 fully saturated rings. The Balaban J connectivity index is 1.66. The lowest BCUT2D eigenvalue weighted by atomic mass is 10.2. The first-order chi connectivity index (χ1) is 9.75. The van der Waals surface area contributed by atoms with Crippen LogP contribution < -0.4 is 4.74 Å². The van der Waals surface area contributed by atoms with Crippen LogP contribution >= 0.6 is 0 Å². The summed E-state index contributed by atoms with van der Waals surface area (Å²) in [6.45, 7) is 0.394. The predicted molar refractivity (Wildman–Crippen MR) is 71.4 cm³/mol. The average Bonchev–Trinajstić information content (AvgIpc) is 2.48. The van der Waals surface area contributed by atoms with Crippen LogP contribution in [0.2, 0.25) is 0 Å². The van der Waals surface area contributed by atoms with Crippen molar-refractivity contribution in [1.82, 2.24) is 0 Å². The fourth-order valence-electron chi connectivity index (χ4n) is 1.45. The molecule has 5 heteroatoms. The van der Waals surface area contributed by atoms with Gasteiger partial charge in [0.2, 0.25) is 0 Å². The third-order valence-corrected chi connectivity index (χ3v) is 2.42. The quantitative estimate of drug-likeness (QED) is 0.498. The van der Waals surface area contributed by atoms with Gasteiger partial charge in [0.05, 0.1) is 5.56 Å². The monoisotopic (exact) mass is 274 g/mol. The van der Waals surface area contributed by atoms with Crippen molar-refractivity contribution in [3.8, 4) is 11.5 Å². The highest BCUT2D eigenvalue weighted by molar-refractivity contribution is 5.89. The van der Waals surface area contributed by atoms with E-state index in [9.17, 15) is 4.79 Å². The van der Waals surface area contributed by atoms with Crippen molar-refractivity contribution in [3.63, 3.8) is 0 Å². The lowest BCUT2D eigenvalue weighted by Gasteiger charge is -2.06. The molecule has 0 aliphatic rings. The van der Waals surface area contributed by atoms with Gasteiger partial charge in [0.1, 0.15) is 24.7 Å². The zero-order valence-electron chi connectivity index (χ0n) is 10.7. The van der Waals surface area contributed by atoms with E-state index >= 15 is 0 Å². The summed E-state index contributed by atoms with van der Waals surface area (Å²) in [4.78, 5) is 20.9. The van der Waals surface area contributed by atoms with Crippen LogP contribution in [0.15, 0.2) is 54.6 Å². The lowest BCUT2D eigenvalue weighted by Crippen LogP contribution is -2.11. The number of benzene rings is 2.